The van der Waals surface area contributed by atoms with Gasteiger partial charge in [0, 0.05) is 4.88 Å². The summed E-state index contributed by atoms with van der Waals surface area (Å²) in [5, 5.41) is 0. The summed E-state index contributed by atoms with van der Waals surface area (Å²) in [7, 11) is 3.50. The highest BCUT2D eigenvalue weighted by molar-refractivity contribution is 7.23. The van der Waals surface area contributed by atoms with Crippen LogP contribution in [0.15, 0.2) is 42.5 Å². The molecule has 2 aromatic rings. The lowest BCUT2D eigenvalue weighted by Crippen LogP contribution is -1.88. The molecule has 0 aliphatic carbocycles. The Morgan fingerprint density at radius 1 is 0.917 bits per heavy atom. The van der Waals surface area contributed by atoms with Gasteiger partial charge in [0.2, 0.25) is 0 Å². The lowest BCUT2D eigenvalue weighted by atomic mass is 10.2. The first-order valence-electron chi connectivity index (χ1n) is 3.73. The largest absolute Gasteiger partial charge is 0.146 e. The highest BCUT2D eigenvalue weighted by Gasteiger charge is 1.97. The fourth-order valence-electron chi connectivity index (χ4n) is 1.10. The molecule has 1 aromatic carbocycles. The van der Waals surface area contributed by atoms with Crippen molar-refractivity contribution in [1.29, 1.82) is 0 Å². The van der Waals surface area contributed by atoms with Gasteiger partial charge in [0.15, 0.2) is 0 Å². The van der Waals surface area contributed by atoms with Gasteiger partial charge in [0.25, 0.3) is 0 Å². The first kappa shape index (κ1) is 7.77. The molecule has 1 aromatic heterocycles. The zero-order valence-corrected chi connectivity index (χ0v) is 8.27. The lowest BCUT2D eigenvalue weighted by molar-refractivity contribution is 1.70. The highest BCUT2D eigenvalue weighted by Crippen LogP contribution is 2.21. The van der Waals surface area contributed by atoms with Crippen LogP contribution in [0.25, 0.3) is 10.4 Å². The van der Waals surface area contributed by atoms with Gasteiger partial charge in [0.05, 0.1) is 10.2 Å². The lowest BCUT2D eigenvalue weighted by Gasteiger charge is -1.93. The monoisotopic (exact) mass is 187 g/mol. The molecule has 0 spiro atoms. The molecule has 2 heteroatoms. The van der Waals surface area contributed by atoms with Crippen LogP contribution in [0.5, 0.6) is 0 Å². The van der Waals surface area contributed by atoms with Gasteiger partial charge < -0.3 is 0 Å². The van der Waals surface area contributed by atoms with Crippen molar-refractivity contribution in [3.8, 4) is 10.4 Å². The van der Waals surface area contributed by atoms with Crippen LogP contribution in [0.4, 0.5) is 0 Å². The summed E-state index contributed by atoms with van der Waals surface area (Å²) in [6.07, 6.45) is 0. The third-order valence-corrected chi connectivity index (χ3v) is 3.08. The van der Waals surface area contributed by atoms with Crippen LogP contribution >= 0.6 is 11.3 Å². The Balaban J connectivity index is 2.45. The maximum absolute atomic E-state index is 3.50. The van der Waals surface area contributed by atoms with Crippen molar-refractivity contribution in [3.05, 3.63) is 42.5 Å². The van der Waals surface area contributed by atoms with Crippen LogP contribution < -0.4 is 4.50 Å². The maximum Gasteiger partial charge on any atom is 0.0864 e. The molecule has 57 valence electrons. The van der Waals surface area contributed by atoms with E-state index < -0.39 is 0 Å². The Kier molecular flexibility index (Phi) is 2.10. The van der Waals surface area contributed by atoms with Crippen molar-refractivity contribution in [3.63, 3.8) is 0 Å². The zero-order valence-electron chi connectivity index (χ0n) is 6.45. The number of rotatable bonds is 1. The summed E-state index contributed by atoms with van der Waals surface area (Å²) < 4.78 is 1.17. The summed E-state index contributed by atoms with van der Waals surface area (Å²) in [4.78, 5) is 1.31. The van der Waals surface area contributed by atoms with E-state index in [9.17, 15) is 0 Å². The SMILES string of the molecule is [Si]c1ccc(-c2ccccc2)s1. The molecule has 0 nitrogen and oxygen atoms in total. The molecule has 0 unspecified atom stereocenters. The van der Waals surface area contributed by atoms with Gasteiger partial charge in [-0.1, -0.05) is 36.4 Å². The molecule has 2 rings (SSSR count). The average molecular weight is 187 g/mol. The van der Waals surface area contributed by atoms with Gasteiger partial charge in [-0.3, -0.25) is 0 Å². The van der Waals surface area contributed by atoms with E-state index in [1.165, 1.54) is 14.9 Å². The third kappa shape index (κ3) is 1.49. The Bertz CT molecular complexity index is 364. The molecular weight excluding hydrogens is 180 g/mol. The van der Waals surface area contributed by atoms with Crippen molar-refractivity contribution in [2.45, 2.75) is 0 Å². The molecule has 0 atom stereocenters. The standard InChI is InChI=1S/C10H7SSi/c12-10-7-6-9(11-10)8-4-2-1-3-5-8/h1-7H. The van der Waals surface area contributed by atoms with Crippen LogP contribution in [0, 0.1) is 0 Å². The molecule has 0 aliphatic heterocycles. The molecule has 0 bridgehead atoms. The Morgan fingerprint density at radius 3 is 2.25 bits per heavy atom. The molecule has 0 saturated heterocycles. The molecule has 1 heterocycles. The quantitative estimate of drug-likeness (QED) is 0.600. The minimum absolute atomic E-state index is 1.17. The van der Waals surface area contributed by atoms with E-state index in [0.717, 1.165) is 0 Å². The van der Waals surface area contributed by atoms with Gasteiger partial charge >= 0.3 is 0 Å². The summed E-state index contributed by atoms with van der Waals surface area (Å²) in [6, 6.07) is 14.6. The summed E-state index contributed by atoms with van der Waals surface area (Å²) >= 11 is 1.75. The average Bonchev–Trinajstić information content (AvgIpc) is 2.54. The molecule has 0 saturated carbocycles. The van der Waals surface area contributed by atoms with E-state index >= 15 is 0 Å². The molecule has 0 aliphatic rings. The molecule has 0 amide bonds. The van der Waals surface area contributed by atoms with E-state index in [4.69, 9.17) is 0 Å². The second kappa shape index (κ2) is 3.25. The van der Waals surface area contributed by atoms with Crippen LogP contribution in [-0.2, 0) is 0 Å². The second-order valence-electron chi connectivity index (χ2n) is 2.53. The van der Waals surface area contributed by atoms with Crippen molar-refractivity contribution in [2.24, 2.45) is 0 Å². The molecule has 12 heavy (non-hydrogen) atoms. The van der Waals surface area contributed by atoms with Gasteiger partial charge in [-0.2, -0.15) is 0 Å². The van der Waals surface area contributed by atoms with E-state index in [1.54, 1.807) is 11.3 Å². The van der Waals surface area contributed by atoms with Gasteiger partial charge in [-0.25, -0.2) is 0 Å². The van der Waals surface area contributed by atoms with Crippen molar-refractivity contribution in [1.82, 2.24) is 0 Å². The van der Waals surface area contributed by atoms with Crippen molar-refractivity contribution < 1.29 is 0 Å². The fraction of sp³-hybridized carbons (Fsp3) is 0. The van der Waals surface area contributed by atoms with Crippen LogP contribution in [-0.4, -0.2) is 10.2 Å². The smallest absolute Gasteiger partial charge is 0.0864 e. The number of benzene rings is 1. The summed E-state index contributed by atoms with van der Waals surface area (Å²) in [6.45, 7) is 0. The second-order valence-corrected chi connectivity index (χ2v) is 4.51. The fourth-order valence-corrected chi connectivity index (χ4v) is 2.27. The van der Waals surface area contributed by atoms with E-state index in [1.807, 2.05) is 6.07 Å². The van der Waals surface area contributed by atoms with Crippen molar-refractivity contribution >= 4 is 26.1 Å². The van der Waals surface area contributed by atoms with Crippen LogP contribution in [0.2, 0.25) is 0 Å². The predicted octanol–water partition coefficient (Wildman–Crippen LogP) is 2.21. The molecule has 0 fully saturated rings. The zero-order chi connectivity index (χ0) is 8.39. The Labute approximate surface area is 79.3 Å². The van der Waals surface area contributed by atoms with Crippen LogP contribution in [0.3, 0.4) is 0 Å². The van der Waals surface area contributed by atoms with E-state index in [-0.39, 0.29) is 0 Å². The Morgan fingerprint density at radius 2 is 1.67 bits per heavy atom. The van der Waals surface area contributed by atoms with E-state index in [0.29, 0.717) is 0 Å². The first-order valence-corrected chi connectivity index (χ1v) is 5.05. The summed E-state index contributed by atoms with van der Waals surface area (Å²) in [5.74, 6) is 0. The van der Waals surface area contributed by atoms with Crippen LogP contribution in [0.1, 0.15) is 0 Å². The van der Waals surface area contributed by atoms with Gasteiger partial charge in [-0.05, 0) is 16.1 Å². The first-order chi connectivity index (χ1) is 5.86. The van der Waals surface area contributed by atoms with E-state index in [2.05, 4.69) is 46.6 Å². The normalized spacial score (nSPS) is 10.1. The number of hydrogen-bond acceptors (Lipinski definition) is 1. The number of thiophene rings is 1. The molecule has 3 radical (unpaired) electrons. The number of hydrogen-bond donors (Lipinski definition) is 0. The third-order valence-electron chi connectivity index (χ3n) is 1.66. The predicted molar refractivity (Wildman–Crippen MR) is 55.1 cm³/mol. The molecular formula is C10H7SSi. The highest BCUT2D eigenvalue weighted by atomic mass is 32.1. The van der Waals surface area contributed by atoms with Gasteiger partial charge in [-0.15, -0.1) is 11.3 Å². The van der Waals surface area contributed by atoms with Gasteiger partial charge in [0.1, 0.15) is 0 Å². The maximum atomic E-state index is 3.50. The minimum atomic E-state index is 1.17. The minimum Gasteiger partial charge on any atom is -0.146 e. The summed E-state index contributed by atoms with van der Waals surface area (Å²) in [5.41, 5.74) is 1.28. The Hall–Kier alpha value is -0.863. The molecule has 0 N–H and O–H groups in total. The topological polar surface area (TPSA) is 0 Å². The van der Waals surface area contributed by atoms with Crippen molar-refractivity contribution in [2.75, 3.05) is 0 Å².